The molecule has 0 heterocycles. The number of rotatable bonds is 8. The molecule has 0 radical (unpaired) electrons. The first kappa shape index (κ1) is 33.6. The minimum absolute atomic E-state index is 0.0539. The summed E-state index contributed by atoms with van der Waals surface area (Å²) < 4.78 is 0. The Morgan fingerprint density at radius 1 is 0.879 bits per heavy atom. The van der Waals surface area contributed by atoms with Crippen molar-refractivity contribution in [2.45, 2.75) is 89.0 Å². The van der Waals surface area contributed by atoms with Crippen LogP contribution >= 0.6 is 0 Å². The van der Waals surface area contributed by atoms with Crippen LogP contribution in [0.3, 0.4) is 0 Å². The monoisotopic (exact) mass is 461 g/mol. The van der Waals surface area contributed by atoms with Crippen LogP contribution < -0.4 is 5.32 Å². The summed E-state index contributed by atoms with van der Waals surface area (Å²) in [6.45, 7) is 23.9. The summed E-state index contributed by atoms with van der Waals surface area (Å²) in [5, 5.41) is 22.6. The minimum Gasteiger partial charge on any atom is -0.515 e. The second-order valence-corrected chi connectivity index (χ2v) is 12.0. The van der Waals surface area contributed by atoms with Gasteiger partial charge in [0.05, 0.1) is 12.9 Å². The first-order valence-corrected chi connectivity index (χ1v) is 12.3. The average molecular weight is 462 g/mol. The number of hydrogen-bond acceptors (Lipinski definition) is 3. The molecule has 1 atom stereocenters. The molecule has 0 aliphatic carbocycles. The van der Waals surface area contributed by atoms with Crippen LogP contribution in [0.15, 0.2) is 58.9 Å². The van der Waals surface area contributed by atoms with Gasteiger partial charge in [0.1, 0.15) is 0 Å². The fourth-order valence-corrected chi connectivity index (χ4v) is 2.76. The Kier molecular flexibility index (Phi) is 15.6. The Bertz CT molecular complexity index is 699. The Hall–Kier alpha value is -1.58. The average Bonchev–Trinajstić information content (AvgIpc) is 2.65. The van der Waals surface area contributed by atoms with Crippen molar-refractivity contribution in [2.24, 2.45) is 22.2 Å². The first-order valence-electron chi connectivity index (χ1n) is 12.3. The number of aliphatic hydroxyl groups excluding tert-OH is 2. The molecule has 0 aromatic carbocycles. The molecule has 0 spiro atoms. The highest BCUT2D eigenvalue weighted by Gasteiger charge is 2.21. The number of allylic oxidation sites excluding steroid dienone is 8. The van der Waals surface area contributed by atoms with E-state index in [0.717, 1.165) is 29.6 Å². The third-order valence-electron chi connectivity index (χ3n) is 5.65. The SMILES string of the molecule is CC/C=C/C(=C\C(=C\O)C(C)(C)C)CC(=C/C(C)C(C)(C)C)/C=C(\CO)C(C)(C)C.CNC. The molecule has 0 saturated carbocycles. The molecular formula is C30H55NO2. The van der Waals surface area contributed by atoms with Crippen molar-refractivity contribution in [1.82, 2.24) is 5.32 Å². The van der Waals surface area contributed by atoms with Crippen molar-refractivity contribution in [1.29, 1.82) is 0 Å². The van der Waals surface area contributed by atoms with Gasteiger partial charge in [-0.05, 0) is 71.4 Å². The third-order valence-corrected chi connectivity index (χ3v) is 5.65. The molecule has 0 bridgehead atoms. The summed E-state index contributed by atoms with van der Waals surface area (Å²) in [4.78, 5) is 0. The van der Waals surface area contributed by atoms with Crippen LogP contribution in [0.4, 0.5) is 0 Å². The zero-order chi connectivity index (χ0) is 26.5. The Morgan fingerprint density at radius 3 is 1.73 bits per heavy atom. The lowest BCUT2D eigenvalue weighted by Crippen LogP contribution is -2.16. The third kappa shape index (κ3) is 15.0. The molecule has 3 heteroatoms. The molecule has 0 aromatic rings. The van der Waals surface area contributed by atoms with Gasteiger partial charge < -0.3 is 15.5 Å². The van der Waals surface area contributed by atoms with Crippen LogP contribution in [0.1, 0.15) is 89.0 Å². The molecule has 33 heavy (non-hydrogen) atoms. The molecule has 3 N–H and O–H groups in total. The molecule has 0 aliphatic rings. The van der Waals surface area contributed by atoms with Crippen molar-refractivity contribution < 1.29 is 10.2 Å². The quantitative estimate of drug-likeness (QED) is 0.252. The second kappa shape index (κ2) is 15.3. The number of hydrogen-bond donors (Lipinski definition) is 3. The minimum atomic E-state index is -0.139. The highest BCUT2D eigenvalue weighted by molar-refractivity contribution is 5.39. The van der Waals surface area contributed by atoms with E-state index in [-0.39, 0.29) is 22.9 Å². The maximum absolute atomic E-state index is 10.0. The standard InChI is InChI=1S/C28H48O2.C2H7N/c1-12-13-14-22(17-24(19-29)27(6,7)8)16-23(15-21(2)26(3,4)5)18-25(20-30)28(9,10)11;1-3-2/h13-15,17-19,21,29-30H,12,16,20H2,1-11H3;3H,1-2H3/b14-13+,22-17+,23-15-,24-19-,25-18+;. The Labute approximate surface area is 206 Å². The summed E-state index contributed by atoms with van der Waals surface area (Å²) in [6.07, 6.45) is 13.9. The summed E-state index contributed by atoms with van der Waals surface area (Å²) in [5.74, 6) is 0.385. The van der Waals surface area contributed by atoms with E-state index in [1.165, 1.54) is 11.8 Å². The zero-order valence-electron chi connectivity index (χ0n) is 24.1. The molecule has 0 aromatic heterocycles. The van der Waals surface area contributed by atoms with Crippen LogP contribution in [-0.2, 0) is 0 Å². The van der Waals surface area contributed by atoms with E-state index in [1.54, 1.807) is 0 Å². The van der Waals surface area contributed by atoms with Gasteiger partial charge in [-0.2, -0.15) is 0 Å². The van der Waals surface area contributed by atoms with Crippen LogP contribution in [0, 0.1) is 22.2 Å². The van der Waals surface area contributed by atoms with Gasteiger partial charge >= 0.3 is 0 Å². The zero-order valence-corrected chi connectivity index (χ0v) is 24.1. The lowest BCUT2D eigenvalue weighted by Gasteiger charge is -2.27. The van der Waals surface area contributed by atoms with Gasteiger partial charge in [0, 0.05) is 0 Å². The molecule has 1 unspecified atom stereocenters. The fourth-order valence-electron chi connectivity index (χ4n) is 2.76. The predicted octanol–water partition coefficient (Wildman–Crippen LogP) is 8.17. The van der Waals surface area contributed by atoms with E-state index >= 15 is 0 Å². The number of aliphatic hydroxyl groups is 2. The maximum Gasteiger partial charge on any atom is 0.0829 e. The normalized spacial score (nSPS) is 16.1. The topological polar surface area (TPSA) is 52.5 Å². The molecule has 0 rings (SSSR count). The fraction of sp³-hybridized carbons (Fsp3) is 0.667. The van der Waals surface area contributed by atoms with Gasteiger partial charge in [-0.1, -0.05) is 107 Å². The van der Waals surface area contributed by atoms with Crippen LogP contribution in [0.2, 0.25) is 0 Å². The molecule has 0 fully saturated rings. The molecule has 0 aliphatic heterocycles. The van der Waals surface area contributed by atoms with Crippen molar-refractivity contribution in [3.05, 3.63) is 58.9 Å². The molecule has 0 amide bonds. The van der Waals surface area contributed by atoms with Gasteiger partial charge in [-0.25, -0.2) is 0 Å². The van der Waals surface area contributed by atoms with E-state index in [0.29, 0.717) is 5.92 Å². The van der Waals surface area contributed by atoms with E-state index in [9.17, 15) is 10.2 Å². The van der Waals surface area contributed by atoms with E-state index < -0.39 is 0 Å². The Morgan fingerprint density at radius 2 is 1.39 bits per heavy atom. The van der Waals surface area contributed by atoms with Crippen LogP contribution in [0.25, 0.3) is 0 Å². The lowest BCUT2D eigenvalue weighted by atomic mass is 9.79. The Balaban J connectivity index is 0. The van der Waals surface area contributed by atoms with Crippen molar-refractivity contribution in [2.75, 3.05) is 20.7 Å². The molecule has 0 saturated heterocycles. The van der Waals surface area contributed by atoms with Gasteiger partial charge in [-0.15, -0.1) is 0 Å². The van der Waals surface area contributed by atoms with Crippen molar-refractivity contribution >= 4 is 0 Å². The lowest BCUT2D eigenvalue weighted by molar-refractivity contribution is 0.295. The summed E-state index contributed by atoms with van der Waals surface area (Å²) in [6, 6.07) is 0. The largest absolute Gasteiger partial charge is 0.515 e. The van der Waals surface area contributed by atoms with Gasteiger partial charge in [0.25, 0.3) is 0 Å². The maximum atomic E-state index is 10.0. The van der Waals surface area contributed by atoms with E-state index in [2.05, 4.69) is 112 Å². The van der Waals surface area contributed by atoms with Gasteiger partial charge in [-0.3, -0.25) is 0 Å². The molecule has 3 nitrogen and oxygen atoms in total. The highest BCUT2D eigenvalue weighted by atomic mass is 16.3. The molecule has 192 valence electrons. The van der Waals surface area contributed by atoms with Gasteiger partial charge in [0.15, 0.2) is 0 Å². The second-order valence-electron chi connectivity index (χ2n) is 12.0. The van der Waals surface area contributed by atoms with Crippen LogP contribution in [0.5, 0.6) is 0 Å². The summed E-state index contributed by atoms with van der Waals surface area (Å²) >= 11 is 0. The number of nitrogens with one attached hydrogen (secondary N) is 1. The highest BCUT2D eigenvalue weighted by Crippen LogP contribution is 2.33. The summed E-state index contributed by atoms with van der Waals surface area (Å²) in [5.41, 5.74) is 4.22. The van der Waals surface area contributed by atoms with Gasteiger partial charge in [0.2, 0.25) is 0 Å². The summed E-state index contributed by atoms with van der Waals surface area (Å²) in [7, 11) is 3.75. The van der Waals surface area contributed by atoms with Crippen molar-refractivity contribution in [3.8, 4) is 0 Å². The van der Waals surface area contributed by atoms with Crippen molar-refractivity contribution in [3.63, 3.8) is 0 Å². The van der Waals surface area contributed by atoms with Crippen LogP contribution in [-0.4, -0.2) is 30.9 Å². The molecular weight excluding hydrogens is 406 g/mol. The van der Waals surface area contributed by atoms with E-state index in [4.69, 9.17) is 0 Å². The predicted molar refractivity (Wildman–Crippen MR) is 149 cm³/mol. The first-order chi connectivity index (χ1) is 15.0. The van der Waals surface area contributed by atoms with E-state index in [1.807, 2.05) is 14.1 Å². The smallest absolute Gasteiger partial charge is 0.0829 e.